The van der Waals surface area contributed by atoms with Gasteiger partial charge in [-0.25, -0.2) is 0 Å². The van der Waals surface area contributed by atoms with Gasteiger partial charge in [0.1, 0.15) is 0 Å². The standard InChI is InChI=1S/B4Si/c1-2-4-5-3-1. The summed E-state index contributed by atoms with van der Waals surface area (Å²) in [7, 11) is 0.948. The van der Waals surface area contributed by atoms with E-state index in [-0.39, 0.29) is 0 Å². The average Bonchev–Trinajstić information content (AvgIpc) is 1.76. The third-order valence-corrected chi connectivity index (χ3v) is 1.27. The first-order valence-corrected chi connectivity index (χ1v) is 2.73. The van der Waals surface area contributed by atoms with Crippen LogP contribution in [-0.4, -0.2) is 34.6 Å². The quantitative estimate of drug-likeness (QED) is 0.293. The van der Waals surface area contributed by atoms with Gasteiger partial charge in [-0.15, -0.1) is 0 Å². The Balaban J connectivity index is 2.98. The van der Waals surface area contributed by atoms with Crippen LogP contribution >= 0.6 is 0 Å². The molecule has 0 spiro atoms. The monoisotopic (exact) mass is 72.0 g/mol. The van der Waals surface area contributed by atoms with Crippen LogP contribution in [0.15, 0.2) is 0 Å². The fourth-order valence-corrected chi connectivity index (χ4v) is 0.833. The molecular weight excluding hydrogens is 71.3 g/mol. The molecule has 5 heavy (non-hydrogen) atoms. The summed E-state index contributed by atoms with van der Waals surface area (Å²) < 4.78 is 0. The molecule has 1 aliphatic heterocycles. The van der Waals surface area contributed by atoms with Gasteiger partial charge in [0, 0.05) is 0 Å². The minimum atomic E-state index is 0.948. The van der Waals surface area contributed by atoms with Crippen LogP contribution in [0.3, 0.4) is 0 Å². The molecule has 0 unspecified atom stereocenters. The Labute approximate surface area is 35.4 Å². The van der Waals surface area contributed by atoms with Gasteiger partial charge in [0.05, 0.1) is 0 Å². The van der Waals surface area contributed by atoms with E-state index in [9.17, 15) is 0 Å². The van der Waals surface area contributed by atoms with Gasteiger partial charge in [0.25, 0.3) is 0 Å². The van der Waals surface area contributed by atoms with E-state index < -0.39 is 0 Å². The van der Waals surface area contributed by atoms with Crippen molar-refractivity contribution < 1.29 is 0 Å². The second-order valence-corrected chi connectivity index (χ2v) is 1.88. The molecule has 0 fully saturated rings. The Morgan fingerprint density at radius 1 is 1.00 bits per heavy atom. The van der Waals surface area contributed by atoms with Crippen LogP contribution in [0.5, 0.6) is 0 Å². The van der Waals surface area contributed by atoms with Gasteiger partial charge in [-0.3, -0.25) is 0 Å². The van der Waals surface area contributed by atoms with E-state index >= 15 is 0 Å². The summed E-state index contributed by atoms with van der Waals surface area (Å²) in [4.78, 5) is 0. The molecule has 0 amide bonds. The van der Waals surface area contributed by atoms with Gasteiger partial charge in [0.2, 0.25) is 0 Å². The molecule has 1 aliphatic rings. The molecule has 0 saturated carbocycles. The molecule has 5 heteroatoms. The van der Waals surface area contributed by atoms with E-state index in [0.717, 1.165) is 8.46 Å². The predicted octanol–water partition coefficient (Wildman–Crippen LogP) is -1.90. The van der Waals surface area contributed by atoms with E-state index in [2.05, 4.69) is 26.1 Å². The molecule has 0 aromatic rings. The summed E-state index contributed by atoms with van der Waals surface area (Å²) in [5.41, 5.74) is 0. The van der Waals surface area contributed by atoms with Crippen molar-refractivity contribution in [3.05, 3.63) is 0 Å². The summed E-state index contributed by atoms with van der Waals surface area (Å²) in [5.74, 6) is 0. The summed E-state index contributed by atoms with van der Waals surface area (Å²) in [5, 5.41) is 0. The summed E-state index contributed by atoms with van der Waals surface area (Å²) >= 11 is 0. The van der Waals surface area contributed by atoms with Crippen LogP contribution in [0, 0.1) is 0 Å². The van der Waals surface area contributed by atoms with E-state index in [1.54, 1.807) is 0 Å². The van der Waals surface area contributed by atoms with Crippen molar-refractivity contribution in [2.45, 2.75) is 0 Å². The Morgan fingerprint density at radius 3 is 1.80 bits per heavy atom. The zero-order chi connectivity index (χ0) is 3.54. The normalized spacial score (nSPS) is 8.00. The zero-order valence-electron chi connectivity index (χ0n) is 2.81. The van der Waals surface area contributed by atoms with Crippen molar-refractivity contribution in [1.29, 1.82) is 0 Å². The topological polar surface area (TPSA) is 0 Å². The van der Waals surface area contributed by atoms with Gasteiger partial charge in [0.15, 0.2) is 0 Å². The Bertz CT molecular complexity index is 94.8. The van der Waals surface area contributed by atoms with Crippen LogP contribution < -0.4 is 0 Å². The maximum atomic E-state index is 2.15. The van der Waals surface area contributed by atoms with Crippen molar-refractivity contribution in [3.8, 4) is 0 Å². The van der Waals surface area contributed by atoms with Gasteiger partial charge in [-0.05, 0) is 0 Å². The SMILES string of the molecule is B1=BB=[Si]=B1. The predicted molar refractivity (Wildman–Crippen MR) is 28.8 cm³/mol. The second kappa shape index (κ2) is 1.80. The maximum absolute atomic E-state index is 2.15. The molecule has 1 rings (SSSR count). The first-order chi connectivity index (χ1) is 2.50. The first kappa shape index (κ1) is 3.66. The molecule has 0 aliphatic carbocycles. The van der Waals surface area contributed by atoms with Crippen molar-refractivity contribution >= 4 is 34.6 Å². The van der Waals surface area contributed by atoms with Crippen molar-refractivity contribution in [2.24, 2.45) is 0 Å². The Hall–Kier alpha value is 0.477. The van der Waals surface area contributed by atoms with E-state index in [4.69, 9.17) is 0 Å². The number of hydrogen-bond donors (Lipinski definition) is 0. The molecular formula is B4Si. The fraction of sp³-hybridized carbons (Fsp3) is 0. The molecule has 0 atom stereocenters. The molecule has 0 bridgehead atoms. The summed E-state index contributed by atoms with van der Waals surface area (Å²) in [6.07, 6.45) is 4.31. The Kier molecular flexibility index (Phi) is 1.32. The minimum absolute atomic E-state index is 0.948. The van der Waals surface area contributed by atoms with E-state index in [1.165, 1.54) is 0 Å². The molecule has 0 radical (unpaired) electrons. The van der Waals surface area contributed by atoms with Crippen LogP contribution in [0.1, 0.15) is 0 Å². The van der Waals surface area contributed by atoms with Crippen molar-refractivity contribution in [3.63, 3.8) is 0 Å². The molecule has 16 valence electrons. The average molecular weight is 71.3 g/mol. The number of hydrogen-bond acceptors (Lipinski definition) is 0. The van der Waals surface area contributed by atoms with Crippen LogP contribution in [0.4, 0.5) is 0 Å². The second-order valence-electron chi connectivity index (χ2n) is 0.885. The molecule has 0 N–H and O–H groups in total. The summed E-state index contributed by atoms with van der Waals surface area (Å²) in [6, 6.07) is 0. The van der Waals surface area contributed by atoms with Crippen molar-refractivity contribution in [1.82, 2.24) is 0 Å². The molecule has 0 nitrogen and oxygen atoms in total. The third kappa shape index (κ3) is 0.915. The van der Waals surface area contributed by atoms with E-state index in [1.807, 2.05) is 0 Å². The summed E-state index contributed by atoms with van der Waals surface area (Å²) in [6.45, 7) is 4.14. The van der Waals surface area contributed by atoms with Crippen molar-refractivity contribution in [2.75, 3.05) is 0 Å². The van der Waals surface area contributed by atoms with Crippen LogP contribution in [0.25, 0.3) is 0 Å². The van der Waals surface area contributed by atoms with Gasteiger partial charge >= 0.3 is 34.6 Å². The molecule has 0 aromatic carbocycles. The van der Waals surface area contributed by atoms with Crippen LogP contribution in [0.2, 0.25) is 0 Å². The van der Waals surface area contributed by atoms with Gasteiger partial charge in [-0.1, -0.05) is 0 Å². The fourth-order valence-electron chi connectivity index (χ4n) is 0.278. The van der Waals surface area contributed by atoms with Crippen LogP contribution in [-0.2, 0) is 0 Å². The first-order valence-electron chi connectivity index (χ1n) is 1.58. The van der Waals surface area contributed by atoms with E-state index in [0.29, 0.717) is 0 Å². The zero-order valence-corrected chi connectivity index (χ0v) is 3.81. The molecule has 0 aromatic heterocycles. The molecule has 0 saturated heterocycles. The van der Waals surface area contributed by atoms with Gasteiger partial charge < -0.3 is 0 Å². The number of rotatable bonds is 0. The van der Waals surface area contributed by atoms with Gasteiger partial charge in [-0.2, -0.15) is 0 Å². The Morgan fingerprint density at radius 2 is 1.60 bits per heavy atom. The molecule has 1 heterocycles. The third-order valence-electron chi connectivity index (χ3n) is 0.496.